The van der Waals surface area contributed by atoms with Gasteiger partial charge in [-0.2, -0.15) is 0 Å². The largest absolute Gasteiger partial charge is 0.492 e. The van der Waals surface area contributed by atoms with E-state index in [0.29, 0.717) is 23.0 Å². The number of hydrogen-bond acceptors (Lipinski definition) is 7. The van der Waals surface area contributed by atoms with Crippen molar-refractivity contribution in [1.29, 1.82) is 0 Å². The molecule has 0 saturated carbocycles. The van der Waals surface area contributed by atoms with Crippen LogP contribution in [0.5, 0.6) is 5.75 Å². The van der Waals surface area contributed by atoms with Crippen LogP contribution in [0.4, 0.5) is 11.0 Å². The summed E-state index contributed by atoms with van der Waals surface area (Å²) in [6, 6.07) is 17.5. The van der Waals surface area contributed by atoms with E-state index >= 15 is 0 Å². The average molecular weight is 423 g/mol. The van der Waals surface area contributed by atoms with Gasteiger partial charge in [0.25, 0.3) is 5.91 Å². The van der Waals surface area contributed by atoms with Crippen molar-refractivity contribution in [3.8, 4) is 5.75 Å². The summed E-state index contributed by atoms with van der Waals surface area (Å²) >= 11 is 1.34. The van der Waals surface area contributed by atoms with Crippen LogP contribution >= 0.6 is 11.3 Å². The summed E-state index contributed by atoms with van der Waals surface area (Å²) in [7, 11) is 0. The summed E-state index contributed by atoms with van der Waals surface area (Å²) in [5, 5.41) is 11.4. The molecule has 0 fully saturated rings. The van der Waals surface area contributed by atoms with Gasteiger partial charge in [-0.1, -0.05) is 47.7 Å². The van der Waals surface area contributed by atoms with Crippen LogP contribution in [0.25, 0.3) is 10.2 Å². The summed E-state index contributed by atoms with van der Waals surface area (Å²) in [5.74, 6) is -0.481. The number of nitro groups is 1. The van der Waals surface area contributed by atoms with E-state index in [2.05, 4.69) is 4.98 Å². The molecule has 0 atom stereocenters. The van der Waals surface area contributed by atoms with E-state index in [4.69, 9.17) is 9.15 Å². The third-order valence-corrected chi connectivity index (χ3v) is 5.36. The molecule has 0 saturated heterocycles. The standard InChI is InChI=1S/C21H17N3O5S/c1-2-28-15-9-6-10-17-19(15)22-21(30-17)23(13-14-7-4-3-5-8-14)20(25)16-11-12-18(29-16)24(26)27/h3-12H,2,13H2,1H3. The molecule has 0 aliphatic carbocycles. The molecule has 0 radical (unpaired) electrons. The SMILES string of the molecule is CCOc1cccc2sc(N(Cc3ccccc3)C(=O)c3ccc([N+](=O)[O-])o3)nc12. The summed E-state index contributed by atoms with van der Waals surface area (Å²) < 4.78 is 11.7. The molecule has 0 bridgehead atoms. The number of aromatic nitrogens is 1. The predicted octanol–water partition coefficient (Wildman–Crippen LogP) is 5.04. The van der Waals surface area contributed by atoms with Gasteiger partial charge in [0, 0.05) is 0 Å². The number of carbonyl (C=O) groups is 1. The minimum Gasteiger partial charge on any atom is -0.492 e. The number of anilines is 1. The number of para-hydroxylation sites is 1. The summed E-state index contributed by atoms with van der Waals surface area (Å²) in [6.07, 6.45) is 0. The molecule has 2 aromatic heterocycles. The van der Waals surface area contributed by atoms with Gasteiger partial charge in [0.05, 0.1) is 23.9 Å². The van der Waals surface area contributed by atoms with Gasteiger partial charge in [0.15, 0.2) is 10.9 Å². The van der Waals surface area contributed by atoms with Gasteiger partial charge in [-0.3, -0.25) is 19.8 Å². The lowest BCUT2D eigenvalue weighted by atomic mass is 10.2. The molecule has 0 aliphatic rings. The number of benzene rings is 2. The van der Waals surface area contributed by atoms with Crippen molar-refractivity contribution in [3.05, 3.63) is 82.1 Å². The highest BCUT2D eigenvalue weighted by atomic mass is 32.1. The van der Waals surface area contributed by atoms with E-state index in [1.54, 1.807) is 0 Å². The molecule has 1 amide bonds. The second-order valence-corrected chi connectivity index (χ2v) is 7.31. The zero-order valence-corrected chi connectivity index (χ0v) is 16.8. The fourth-order valence-corrected chi connectivity index (χ4v) is 3.95. The van der Waals surface area contributed by atoms with Crippen molar-refractivity contribution >= 4 is 38.5 Å². The van der Waals surface area contributed by atoms with Crippen molar-refractivity contribution in [3.63, 3.8) is 0 Å². The van der Waals surface area contributed by atoms with Gasteiger partial charge in [-0.15, -0.1) is 0 Å². The second kappa shape index (κ2) is 8.34. The van der Waals surface area contributed by atoms with Crippen molar-refractivity contribution in [1.82, 2.24) is 4.98 Å². The molecular weight excluding hydrogens is 406 g/mol. The Labute approximate surface area is 175 Å². The van der Waals surface area contributed by atoms with Gasteiger partial charge in [0.1, 0.15) is 16.2 Å². The molecule has 0 N–H and O–H groups in total. The van der Waals surface area contributed by atoms with Gasteiger partial charge in [0.2, 0.25) is 0 Å². The van der Waals surface area contributed by atoms with Gasteiger partial charge < -0.3 is 9.15 Å². The average Bonchev–Trinajstić information content (AvgIpc) is 3.40. The Kier molecular flexibility index (Phi) is 5.44. The van der Waals surface area contributed by atoms with Crippen molar-refractivity contribution < 1.29 is 18.9 Å². The molecule has 8 nitrogen and oxygen atoms in total. The topological polar surface area (TPSA) is 98.7 Å². The molecule has 0 spiro atoms. The highest BCUT2D eigenvalue weighted by Gasteiger charge is 2.26. The van der Waals surface area contributed by atoms with Crippen LogP contribution in [0, 0.1) is 10.1 Å². The van der Waals surface area contributed by atoms with Crippen LogP contribution in [0.1, 0.15) is 23.0 Å². The minimum absolute atomic E-state index is 0.123. The van der Waals surface area contributed by atoms with Crippen molar-refractivity contribution in [2.24, 2.45) is 0 Å². The Hall–Kier alpha value is -3.72. The number of fused-ring (bicyclic) bond motifs is 1. The maximum atomic E-state index is 13.2. The fourth-order valence-electron chi connectivity index (χ4n) is 2.97. The zero-order valence-electron chi connectivity index (χ0n) is 16.0. The molecule has 2 heterocycles. The predicted molar refractivity (Wildman–Crippen MR) is 113 cm³/mol. The third-order valence-electron chi connectivity index (χ3n) is 4.31. The summed E-state index contributed by atoms with van der Waals surface area (Å²) in [6.45, 7) is 2.62. The Balaban J connectivity index is 1.76. The highest BCUT2D eigenvalue weighted by Crippen LogP contribution is 2.35. The Morgan fingerprint density at radius 3 is 2.67 bits per heavy atom. The first-order chi connectivity index (χ1) is 14.6. The Morgan fingerprint density at radius 1 is 1.17 bits per heavy atom. The number of amides is 1. The monoisotopic (exact) mass is 423 g/mol. The van der Waals surface area contributed by atoms with Crippen LogP contribution in [0.3, 0.4) is 0 Å². The van der Waals surface area contributed by atoms with Gasteiger partial charge in [-0.05, 0) is 30.7 Å². The van der Waals surface area contributed by atoms with Crippen LogP contribution < -0.4 is 9.64 Å². The maximum Gasteiger partial charge on any atom is 0.433 e. The number of furan rings is 1. The van der Waals surface area contributed by atoms with Crippen LogP contribution in [0.2, 0.25) is 0 Å². The molecule has 9 heteroatoms. The Bertz CT molecular complexity index is 1200. The Morgan fingerprint density at radius 2 is 1.97 bits per heavy atom. The van der Waals surface area contributed by atoms with E-state index in [1.807, 2.05) is 55.5 Å². The molecule has 4 aromatic rings. The van der Waals surface area contributed by atoms with E-state index in [9.17, 15) is 14.9 Å². The summed E-state index contributed by atoms with van der Waals surface area (Å²) in [4.78, 5) is 29.6. The first-order valence-corrected chi connectivity index (χ1v) is 10.0. The van der Waals surface area contributed by atoms with Gasteiger partial charge in [-0.25, -0.2) is 4.98 Å². The van der Waals surface area contributed by atoms with Crippen LogP contribution in [0.15, 0.2) is 65.1 Å². The molecular formula is C21H17N3O5S. The van der Waals surface area contributed by atoms with E-state index in [0.717, 1.165) is 10.3 Å². The molecule has 2 aromatic carbocycles. The highest BCUT2D eigenvalue weighted by molar-refractivity contribution is 7.22. The number of nitrogens with zero attached hydrogens (tertiary/aromatic N) is 3. The molecule has 0 aliphatic heterocycles. The third kappa shape index (κ3) is 3.87. The number of rotatable bonds is 7. The number of carbonyl (C=O) groups excluding carboxylic acids is 1. The lowest BCUT2D eigenvalue weighted by molar-refractivity contribution is -0.402. The van der Waals surface area contributed by atoms with Crippen molar-refractivity contribution in [2.75, 3.05) is 11.5 Å². The first kappa shape index (κ1) is 19.6. The zero-order chi connectivity index (χ0) is 21.1. The first-order valence-electron chi connectivity index (χ1n) is 9.19. The molecule has 30 heavy (non-hydrogen) atoms. The number of ether oxygens (including phenoxy) is 1. The van der Waals surface area contributed by atoms with Gasteiger partial charge >= 0.3 is 5.88 Å². The quantitative estimate of drug-likeness (QED) is 0.305. The van der Waals surface area contributed by atoms with E-state index in [-0.39, 0.29) is 12.3 Å². The fraction of sp³-hybridized carbons (Fsp3) is 0.143. The van der Waals surface area contributed by atoms with E-state index < -0.39 is 16.7 Å². The molecule has 0 unspecified atom stereocenters. The van der Waals surface area contributed by atoms with Crippen molar-refractivity contribution in [2.45, 2.75) is 13.5 Å². The lowest BCUT2D eigenvalue weighted by Crippen LogP contribution is -2.30. The smallest absolute Gasteiger partial charge is 0.433 e. The maximum absolute atomic E-state index is 13.2. The van der Waals surface area contributed by atoms with Crippen LogP contribution in [-0.4, -0.2) is 22.4 Å². The molecule has 4 rings (SSSR count). The second-order valence-electron chi connectivity index (χ2n) is 6.30. The number of thiazole rings is 1. The van der Waals surface area contributed by atoms with E-state index in [1.165, 1.54) is 28.4 Å². The minimum atomic E-state index is -0.676. The lowest BCUT2D eigenvalue weighted by Gasteiger charge is -2.18. The number of hydrogen-bond donors (Lipinski definition) is 0. The van der Waals surface area contributed by atoms with Crippen LogP contribution in [-0.2, 0) is 6.54 Å². The molecule has 152 valence electrons. The normalized spacial score (nSPS) is 10.8. The summed E-state index contributed by atoms with van der Waals surface area (Å²) in [5.41, 5.74) is 1.55.